The molecule has 0 aromatic heterocycles. The summed E-state index contributed by atoms with van der Waals surface area (Å²) in [6.45, 7) is 1.93. The van der Waals surface area contributed by atoms with Gasteiger partial charge in [-0.05, 0) is 43.9 Å². The van der Waals surface area contributed by atoms with Crippen LogP contribution in [0.3, 0.4) is 0 Å². The number of hydrogen-bond acceptors (Lipinski definition) is 1. The molecular weight excluding hydrogens is 302 g/mol. The smallest absolute Gasteiger partial charge is 0.251 e. The Kier molecular flexibility index (Phi) is 3.79. The first-order valence-electron chi connectivity index (χ1n) is 5.71. The summed E-state index contributed by atoms with van der Waals surface area (Å²) >= 11 is 9.49. The van der Waals surface area contributed by atoms with E-state index in [2.05, 4.69) is 21.2 Å². The number of rotatable bonds is 3. The van der Waals surface area contributed by atoms with E-state index >= 15 is 0 Å². The molecule has 2 nitrogen and oxygen atoms in total. The Morgan fingerprint density at radius 3 is 2.71 bits per heavy atom. The molecule has 1 aliphatic carbocycles. The molecule has 4 heteroatoms. The summed E-state index contributed by atoms with van der Waals surface area (Å²) in [4.78, 5) is 12.1. The van der Waals surface area contributed by atoms with E-state index in [0.717, 1.165) is 23.7 Å². The number of benzene rings is 1. The minimum Gasteiger partial charge on any atom is -0.346 e. The second-order valence-corrected chi connectivity index (χ2v) is 5.65. The monoisotopic (exact) mass is 315 g/mol. The Bertz CT molecular complexity index is 438. The van der Waals surface area contributed by atoms with Crippen LogP contribution in [0, 0.1) is 6.92 Å². The van der Waals surface area contributed by atoms with E-state index in [1.54, 1.807) is 6.07 Å². The van der Waals surface area contributed by atoms with Crippen molar-refractivity contribution in [3.63, 3.8) is 0 Å². The van der Waals surface area contributed by atoms with E-state index in [9.17, 15) is 4.79 Å². The first-order valence-corrected chi connectivity index (χ1v) is 7.21. The molecule has 1 amide bonds. The number of carbonyl (C=O) groups excluding carboxylic acids is 1. The first kappa shape index (κ1) is 12.9. The van der Waals surface area contributed by atoms with Crippen LogP contribution in [-0.2, 0) is 0 Å². The molecule has 1 fully saturated rings. The molecule has 0 bridgehead atoms. The number of aryl methyl sites for hydroxylation is 1. The maximum atomic E-state index is 12.1. The van der Waals surface area contributed by atoms with Crippen LogP contribution < -0.4 is 5.32 Å². The van der Waals surface area contributed by atoms with Crippen molar-refractivity contribution in [3.05, 3.63) is 34.3 Å². The van der Waals surface area contributed by atoms with Crippen molar-refractivity contribution in [1.82, 2.24) is 5.32 Å². The summed E-state index contributed by atoms with van der Waals surface area (Å²) in [6, 6.07) is 5.42. The Morgan fingerprint density at radius 2 is 2.24 bits per heavy atom. The van der Waals surface area contributed by atoms with Gasteiger partial charge in [0.25, 0.3) is 5.91 Å². The van der Waals surface area contributed by atoms with E-state index in [1.807, 2.05) is 19.1 Å². The number of carbonyl (C=O) groups is 1. The Morgan fingerprint density at radius 1 is 1.53 bits per heavy atom. The van der Waals surface area contributed by atoms with Gasteiger partial charge in [0.2, 0.25) is 0 Å². The number of amides is 1. The van der Waals surface area contributed by atoms with E-state index in [1.165, 1.54) is 6.42 Å². The molecule has 2 rings (SSSR count). The lowest BCUT2D eigenvalue weighted by Crippen LogP contribution is -2.54. The average Bonchev–Trinajstić information content (AvgIpc) is 2.27. The molecule has 1 N–H and O–H groups in total. The quantitative estimate of drug-likeness (QED) is 0.847. The fraction of sp³-hybridized carbons (Fsp3) is 0.462. The van der Waals surface area contributed by atoms with Crippen LogP contribution in [-0.4, -0.2) is 16.8 Å². The van der Waals surface area contributed by atoms with Crippen molar-refractivity contribution in [2.24, 2.45) is 0 Å². The molecule has 1 aliphatic rings. The second-order valence-electron chi connectivity index (χ2n) is 4.69. The van der Waals surface area contributed by atoms with E-state index < -0.39 is 0 Å². The molecule has 0 atom stereocenters. The number of hydrogen-bond donors (Lipinski definition) is 1. The van der Waals surface area contributed by atoms with Gasteiger partial charge in [0, 0.05) is 15.9 Å². The third kappa shape index (κ3) is 2.66. The third-order valence-electron chi connectivity index (χ3n) is 3.38. The van der Waals surface area contributed by atoms with Crippen molar-refractivity contribution < 1.29 is 4.79 Å². The molecule has 17 heavy (non-hydrogen) atoms. The summed E-state index contributed by atoms with van der Waals surface area (Å²) in [5.41, 5.74) is 1.57. The predicted octanol–water partition coefficient (Wildman–Crippen LogP) is 3.70. The highest BCUT2D eigenvalue weighted by Crippen LogP contribution is 2.33. The molecule has 0 spiro atoms. The van der Waals surface area contributed by atoms with Gasteiger partial charge >= 0.3 is 0 Å². The largest absolute Gasteiger partial charge is 0.346 e. The average molecular weight is 317 g/mol. The highest BCUT2D eigenvalue weighted by Gasteiger charge is 2.37. The number of alkyl halides is 1. The minimum absolute atomic E-state index is 0.0361. The summed E-state index contributed by atoms with van der Waals surface area (Å²) in [7, 11) is 0. The van der Waals surface area contributed by atoms with Gasteiger partial charge in [-0.1, -0.05) is 33.6 Å². The third-order valence-corrected chi connectivity index (χ3v) is 4.86. The fourth-order valence-electron chi connectivity index (χ4n) is 1.94. The zero-order chi connectivity index (χ0) is 12.5. The predicted molar refractivity (Wildman–Crippen MR) is 74.0 cm³/mol. The van der Waals surface area contributed by atoms with Crippen LogP contribution in [0.2, 0.25) is 5.02 Å². The lowest BCUT2D eigenvalue weighted by atomic mass is 9.78. The lowest BCUT2D eigenvalue weighted by molar-refractivity contribution is 0.0856. The van der Waals surface area contributed by atoms with Gasteiger partial charge < -0.3 is 5.32 Å². The fourth-order valence-corrected chi connectivity index (χ4v) is 2.82. The van der Waals surface area contributed by atoms with Gasteiger partial charge in [-0.2, -0.15) is 0 Å². The molecule has 1 saturated carbocycles. The Balaban J connectivity index is 2.11. The summed E-state index contributed by atoms with van der Waals surface area (Å²) < 4.78 is 0. The number of halogens is 2. The maximum absolute atomic E-state index is 12.1. The van der Waals surface area contributed by atoms with Gasteiger partial charge in [0.05, 0.1) is 5.54 Å². The second kappa shape index (κ2) is 4.99. The van der Waals surface area contributed by atoms with Gasteiger partial charge in [-0.3, -0.25) is 4.79 Å². The van der Waals surface area contributed by atoms with E-state index in [4.69, 9.17) is 11.6 Å². The van der Waals surface area contributed by atoms with Gasteiger partial charge in [-0.15, -0.1) is 0 Å². The van der Waals surface area contributed by atoms with Crippen LogP contribution in [0.4, 0.5) is 0 Å². The molecule has 0 heterocycles. The topological polar surface area (TPSA) is 29.1 Å². The first-order chi connectivity index (χ1) is 8.06. The van der Waals surface area contributed by atoms with Crippen molar-refractivity contribution in [3.8, 4) is 0 Å². The minimum atomic E-state index is -0.0472. The Hall–Kier alpha value is -0.540. The van der Waals surface area contributed by atoms with Crippen LogP contribution in [0.15, 0.2) is 18.2 Å². The zero-order valence-electron chi connectivity index (χ0n) is 9.72. The molecule has 1 aromatic carbocycles. The zero-order valence-corrected chi connectivity index (χ0v) is 12.1. The molecule has 0 unspecified atom stereocenters. The summed E-state index contributed by atoms with van der Waals surface area (Å²) in [5, 5.41) is 4.55. The molecular formula is C13H15BrClNO. The van der Waals surface area contributed by atoms with E-state index in [0.29, 0.717) is 10.6 Å². The van der Waals surface area contributed by atoms with Crippen LogP contribution >= 0.6 is 27.5 Å². The highest BCUT2D eigenvalue weighted by molar-refractivity contribution is 9.09. The summed E-state index contributed by atoms with van der Waals surface area (Å²) in [5.74, 6) is -0.0361. The lowest BCUT2D eigenvalue weighted by Gasteiger charge is -2.41. The standard InChI is InChI=1S/C13H15BrClNO/c1-9-3-4-10(7-11(9)15)12(17)16-13(8-14)5-2-6-13/h3-4,7H,2,5-6,8H2,1H3,(H,16,17). The van der Waals surface area contributed by atoms with Crippen LogP contribution in [0.5, 0.6) is 0 Å². The van der Waals surface area contributed by atoms with Gasteiger partial charge in [-0.25, -0.2) is 0 Å². The Labute approximate surface area is 115 Å². The van der Waals surface area contributed by atoms with Crippen LogP contribution in [0.25, 0.3) is 0 Å². The SMILES string of the molecule is Cc1ccc(C(=O)NC2(CBr)CCC2)cc1Cl. The van der Waals surface area contributed by atoms with Crippen molar-refractivity contribution in [1.29, 1.82) is 0 Å². The van der Waals surface area contributed by atoms with Gasteiger partial charge in [0.1, 0.15) is 0 Å². The van der Waals surface area contributed by atoms with Crippen LogP contribution in [0.1, 0.15) is 35.2 Å². The van der Waals surface area contributed by atoms with Crippen molar-refractivity contribution >= 4 is 33.4 Å². The van der Waals surface area contributed by atoms with Crippen molar-refractivity contribution in [2.75, 3.05) is 5.33 Å². The molecule has 1 aromatic rings. The highest BCUT2D eigenvalue weighted by atomic mass is 79.9. The molecule has 0 radical (unpaired) electrons. The maximum Gasteiger partial charge on any atom is 0.251 e. The normalized spacial score (nSPS) is 17.4. The van der Waals surface area contributed by atoms with Crippen molar-refractivity contribution in [2.45, 2.75) is 31.7 Å². The summed E-state index contributed by atoms with van der Waals surface area (Å²) in [6.07, 6.45) is 3.27. The van der Waals surface area contributed by atoms with E-state index in [-0.39, 0.29) is 11.4 Å². The molecule has 0 saturated heterocycles. The molecule has 92 valence electrons. The number of nitrogens with one attached hydrogen (secondary N) is 1. The van der Waals surface area contributed by atoms with Gasteiger partial charge in [0.15, 0.2) is 0 Å². The molecule has 0 aliphatic heterocycles.